The van der Waals surface area contributed by atoms with Gasteiger partial charge in [0.1, 0.15) is 11.6 Å². The molecule has 2 N–H and O–H groups in total. The summed E-state index contributed by atoms with van der Waals surface area (Å²) in [5.41, 5.74) is 1.53. The molecule has 32 heavy (non-hydrogen) atoms. The number of ether oxygens (including phenoxy) is 1. The number of carbonyl (C=O) groups is 3. The summed E-state index contributed by atoms with van der Waals surface area (Å²) in [5, 5.41) is 7.70. The standard InChI is InChI=1S/C23H26N4O4S/c1-15(20(28)24-16-4-6-17(7-5-16)26-10-12-31-13-11-26)27-21(29)23(25-22(27)30)9-2-3-19-18(23)8-14-32-19/h4-8,14-15H,2-3,9-13H2,1H3,(H,24,28)(H,25,30)/t15-,23+/m1/s1. The minimum Gasteiger partial charge on any atom is -0.378 e. The number of thiophene rings is 1. The lowest BCUT2D eigenvalue weighted by Gasteiger charge is -2.31. The first-order valence-electron chi connectivity index (χ1n) is 11.0. The second-order valence-electron chi connectivity index (χ2n) is 8.43. The molecule has 1 aromatic heterocycles. The number of rotatable bonds is 4. The van der Waals surface area contributed by atoms with Gasteiger partial charge >= 0.3 is 6.03 Å². The molecule has 0 saturated carbocycles. The summed E-state index contributed by atoms with van der Waals surface area (Å²) >= 11 is 1.61. The van der Waals surface area contributed by atoms with Crippen LogP contribution in [-0.4, -0.2) is 55.1 Å². The summed E-state index contributed by atoms with van der Waals surface area (Å²) in [5.74, 6) is -0.738. The molecule has 168 valence electrons. The highest BCUT2D eigenvalue weighted by Crippen LogP contribution is 2.42. The molecule has 5 rings (SSSR count). The first-order valence-corrected chi connectivity index (χ1v) is 11.8. The van der Waals surface area contributed by atoms with Crippen LogP contribution in [0.2, 0.25) is 0 Å². The summed E-state index contributed by atoms with van der Waals surface area (Å²) in [4.78, 5) is 43.6. The van der Waals surface area contributed by atoms with Gasteiger partial charge in [-0.3, -0.25) is 9.59 Å². The molecule has 1 aliphatic carbocycles. The Hall–Kier alpha value is -2.91. The monoisotopic (exact) mass is 454 g/mol. The molecule has 3 aliphatic rings. The van der Waals surface area contributed by atoms with Gasteiger partial charge in [0.15, 0.2) is 0 Å². The summed E-state index contributed by atoms with van der Waals surface area (Å²) in [6, 6.07) is 8.05. The molecular formula is C23H26N4O4S. The lowest BCUT2D eigenvalue weighted by molar-refractivity contribution is -0.137. The maximum absolute atomic E-state index is 13.4. The van der Waals surface area contributed by atoms with E-state index >= 15 is 0 Å². The van der Waals surface area contributed by atoms with Gasteiger partial charge in [0.2, 0.25) is 5.91 Å². The number of hydrogen-bond donors (Lipinski definition) is 2. The second-order valence-corrected chi connectivity index (χ2v) is 9.43. The van der Waals surface area contributed by atoms with Gasteiger partial charge in [0, 0.05) is 34.9 Å². The third-order valence-corrected chi connectivity index (χ3v) is 7.54. The lowest BCUT2D eigenvalue weighted by Crippen LogP contribution is -2.49. The minimum atomic E-state index is -1.04. The van der Waals surface area contributed by atoms with E-state index in [0.29, 0.717) is 25.3 Å². The first kappa shape index (κ1) is 21.0. The van der Waals surface area contributed by atoms with Crippen LogP contribution in [0.1, 0.15) is 30.2 Å². The number of imide groups is 1. The molecule has 2 aliphatic heterocycles. The molecule has 2 atom stereocenters. The number of carbonyl (C=O) groups excluding carboxylic acids is 3. The molecular weight excluding hydrogens is 428 g/mol. The van der Waals surface area contributed by atoms with Crippen LogP contribution in [0.3, 0.4) is 0 Å². The van der Waals surface area contributed by atoms with Crippen LogP contribution in [0.4, 0.5) is 16.2 Å². The Morgan fingerprint density at radius 1 is 1.19 bits per heavy atom. The van der Waals surface area contributed by atoms with Crippen LogP contribution in [0.25, 0.3) is 0 Å². The summed E-state index contributed by atoms with van der Waals surface area (Å²) in [7, 11) is 0. The molecule has 2 fully saturated rings. The van der Waals surface area contributed by atoms with Crippen molar-refractivity contribution in [2.75, 3.05) is 36.5 Å². The van der Waals surface area contributed by atoms with Crippen LogP contribution in [0.15, 0.2) is 35.7 Å². The molecule has 1 spiro atoms. The third-order valence-electron chi connectivity index (χ3n) is 6.56. The van der Waals surface area contributed by atoms with Crippen molar-refractivity contribution in [3.05, 3.63) is 46.2 Å². The molecule has 3 heterocycles. The Bertz CT molecular complexity index is 1050. The molecule has 2 aromatic rings. The first-order chi connectivity index (χ1) is 15.5. The van der Waals surface area contributed by atoms with Crippen LogP contribution in [-0.2, 0) is 26.3 Å². The van der Waals surface area contributed by atoms with Crippen molar-refractivity contribution in [2.24, 2.45) is 0 Å². The van der Waals surface area contributed by atoms with Gasteiger partial charge < -0.3 is 20.3 Å². The van der Waals surface area contributed by atoms with Gasteiger partial charge in [0.05, 0.1) is 13.2 Å². The molecule has 0 unspecified atom stereocenters. The molecule has 1 aromatic carbocycles. The summed E-state index contributed by atoms with van der Waals surface area (Å²) in [6.45, 7) is 4.67. The van der Waals surface area contributed by atoms with Gasteiger partial charge in [-0.25, -0.2) is 9.69 Å². The highest BCUT2D eigenvalue weighted by atomic mass is 32.1. The number of amides is 4. The summed E-state index contributed by atoms with van der Waals surface area (Å²) < 4.78 is 5.38. The average Bonchev–Trinajstić information content (AvgIpc) is 3.38. The van der Waals surface area contributed by atoms with Gasteiger partial charge in [-0.05, 0) is 61.9 Å². The van der Waals surface area contributed by atoms with E-state index in [4.69, 9.17) is 4.74 Å². The third kappa shape index (κ3) is 3.45. The van der Waals surface area contributed by atoms with Crippen LogP contribution in [0, 0.1) is 0 Å². The maximum atomic E-state index is 13.4. The SMILES string of the molecule is C[C@H](C(=O)Nc1ccc(N2CCOCC2)cc1)N1C(=O)N[C@]2(CCCc3sccc32)C1=O. The highest BCUT2D eigenvalue weighted by molar-refractivity contribution is 7.10. The molecule has 4 amide bonds. The molecule has 8 nitrogen and oxygen atoms in total. The number of benzene rings is 1. The van der Waals surface area contributed by atoms with Gasteiger partial charge in [-0.1, -0.05) is 0 Å². The normalized spacial score (nSPS) is 23.8. The van der Waals surface area contributed by atoms with Crippen molar-refractivity contribution in [1.82, 2.24) is 10.2 Å². The zero-order chi connectivity index (χ0) is 22.3. The van der Waals surface area contributed by atoms with Crippen molar-refractivity contribution in [3.63, 3.8) is 0 Å². The number of morpholine rings is 1. The van der Waals surface area contributed by atoms with E-state index in [9.17, 15) is 14.4 Å². The number of urea groups is 1. The maximum Gasteiger partial charge on any atom is 0.326 e. The second kappa shape index (κ2) is 8.22. The van der Waals surface area contributed by atoms with Gasteiger partial charge in [0.25, 0.3) is 5.91 Å². The number of anilines is 2. The van der Waals surface area contributed by atoms with E-state index in [1.807, 2.05) is 35.7 Å². The number of fused-ring (bicyclic) bond motifs is 2. The topological polar surface area (TPSA) is 91.0 Å². The van der Waals surface area contributed by atoms with E-state index in [1.54, 1.807) is 18.3 Å². The zero-order valence-electron chi connectivity index (χ0n) is 17.9. The van der Waals surface area contributed by atoms with Crippen molar-refractivity contribution in [2.45, 2.75) is 37.8 Å². The van der Waals surface area contributed by atoms with E-state index < -0.39 is 23.5 Å². The van der Waals surface area contributed by atoms with Gasteiger partial charge in [-0.2, -0.15) is 0 Å². The molecule has 9 heteroatoms. The van der Waals surface area contributed by atoms with Crippen LogP contribution in [0.5, 0.6) is 0 Å². The molecule has 0 bridgehead atoms. The quantitative estimate of drug-likeness (QED) is 0.694. The molecule has 2 saturated heterocycles. The van der Waals surface area contributed by atoms with E-state index in [1.165, 1.54) is 0 Å². The number of nitrogens with zero attached hydrogens (tertiary/aromatic N) is 2. The fourth-order valence-corrected chi connectivity index (χ4v) is 5.80. The number of hydrogen-bond acceptors (Lipinski definition) is 6. The van der Waals surface area contributed by atoms with Crippen LogP contribution >= 0.6 is 11.3 Å². The predicted octanol–water partition coefficient (Wildman–Crippen LogP) is 2.70. The Morgan fingerprint density at radius 2 is 1.94 bits per heavy atom. The Labute approximate surface area is 190 Å². The fraction of sp³-hybridized carbons (Fsp3) is 0.435. The van der Waals surface area contributed by atoms with Gasteiger partial charge in [-0.15, -0.1) is 11.3 Å². The zero-order valence-corrected chi connectivity index (χ0v) is 18.7. The average molecular weight is 455 g/mol. The van der Waals surface area contributed by atoms with E-state index in [2.05, 4.69) is 15.5 Å². The van der Waals surface area contributed by atoms with Crippen molar-refractivity contribution in [1.29, 1.82) is 0 Å². The fourth-order valence-electron chi connectivity index (χ4n) is 4.80. The molecule has 0 radical (unpaired) electrons. The Balaban J connectivity index is 1.29. The van der Waals surface area contributed by atoms with Crippen molar-refractivity contribution >= 4 is 40.6 Å². The minimum absolute atomic E-state index is 0.341. The Kier molecular flexibility index (Phi) is 5.38. The highest BCUT2D eigenvalue weighted by Gasteiger charge is 2.56. The largest absolute Gasteiger partial charge is 0.378 e. The number of nitrogens with one attached hydrogen (secondary N) is 2. The van der Waals surface area contributed by atoms with Crippen LogP contribution < -0.4 is 15.5 Å². The van der Waals surface area contributed by atoms with E-state index in [0.717, 1.165) is 47.0 Å². The lowest BCUT2D eigenvalue weighted by atomic mass is 9.80. The van der Waals surface area contributed by atoms with Crippen molar-refractivity contribution in [3.8, 4) is 0 Å². The summed E-state index contributed by atoms with van der Waals surface area (Å²) in [6.07, 6.45) is 2.28. The van der Waals surface area contributed by atoms with Crippen molar-refractivity contribution < 1.29 is 19.1 Å². The van der Waals surface area contributed by atoms with E-state index in [-0.39, 0.29) is 5.91 Å². The smallest absolute Gasteiger partial charge is 0.326 e. The Morgan fingerprint density at radius 3 is 2.69 bits per heavy atom. The predicted molar refractivity (Wildman–Crippen MR) is 122 cm³/mol. The number of aryl methyl sites for hydroxylation is 1.